The minimum absolute atomic E-state index is 0.00243. The molecule has 160 valence electrons. The summed E-state index contributed by atoms with van der Waals surface area (Å²) in [5.41, 5.74) is 6.17. The van der Waals surface area contributed by atoms with E-state index in [1.165, 1.54) is 0 Å². The molecule has 1 amide bonds. The van der Waals surface area contributed by atoms with Gasteiger partial charge in [0.15, 0.2) is 0 Å². The lowest BCUT2D eigenvalue weighted by Crippen LogP contribution is -2.69. The van der Waals surface area contributed by atoms with Gasteiger partial charge in [0.25, 0.3) is 0 Å². The van der Waals surface area contributed by atoms with Crippen molar-refractivity contribution in [2.45, 2.75) is 49.8 Å². The smallest absolute Gasteiger partial charge is 0.407 e. The van der Waals surface area contributed by atoms with Crippen molar-refractivity contribution in [1.82, 2.24) is 5.32 Å². The van der Waals surface area contributed by atoms with Crippen LogP contribution in [-0.2, 0) is 27.5 Å². The highest BCUT2D eigenvalue weighted by Gasteiger charge is 2.51. The molecule has 1 aliphatic rings. The summed E-state index contributed by atoms with van der Waals surface area (Å²) < 4.78 is 10.5. The van der Waals surface area contributed by atoms with E-state index in [0.717, 1.165) is 11.1 Å². The van der Waals surface area contributed by atoms with Gasteiger partial charge in [-0.2, -0.15) is 0 Å². The molecule has 2 aromatic carbocycles. The average Bonchev–Trinajstić information content (AvgIpc) is 2.76. The Bertz CT molecular complexity index is 847. The van der Waals surface area contributed by atoms with Crippen LogP contribution in [0.2, 0.25) is 0 Å². The Hall–Kier alpha value is -2.94. The number of aliphatic hydroxyl groups is 2. The van der Waals surface area contributed by atoms with Crippen LogP contribution >= 0.6 is 0 Å². The van der Waals surface area contributed by atoms with Crippen LogP contribution in [0.1, 0.15) is 24.0 Å². The molecule has 1 aliphatic carbocycles. The molecule has 0 aliphatic heterocycles. The number of alkyl carbamates (subject to hydrolysis) is 1. The standard InChI is InChI=1S/C22H26N2O6/c23-22(20(27)29-13-15-7-3-1-4-8-15)12-18(26)17(25)11-19(22)24-21(28)30-14-16-9-5-2-6-10-16/h1-10,17-19,25-26H,11-14,23H2,(H,24,28). The lowest BCUT2D eigenvalue weighted by molar-refractivity contribution is -0.158. The summed E-state index contributed by atoms with van der Waals surface area (Å²) in [5, 5.41) is 22.7. The summed E-state index contributed by atoms with van der Waals surface area (Å²) in [6.45, 7) is 0.0447. The highest BCUT2D eigenvalue weighted by atomic mass is 16.5. The van der Waals surface area contributed by atoms with Gasteiger partial charge in [0.05, 0.1) is 18.2 Å². The number of esters is 1. The van der Waals surface area contributed by atoms with Gasteiger partial charge in [-0.05, 0) is 17.5 Å². The fraction of sp³-hybridized carbons (Fsp3) is 0.364. The molecule has 8 heteroatoms. The zero-order valence-corrected chi connectivity index (χ0v) is 16.4. The molecule has 0 saturated heterocycles. The number of aliphatic hydroxyl groups excluding tert-OH is 2. The van der Waals surface area contributed by atoms with Crippen molar-refractivity contribution in [3.8, 4) is 0 Å². The maximum Gasteiger partial charge on any atom is 0.407 e. The van der Waals surface area contributed by atoms with E-state index in [-0.39, 0.29) is 26.1 Å². The molecule has 4 unspecified atom stereocenters. The summed E-state index contributed by atoms with van der Waals surface area (Å²) in [4.78, 5) is 25.1. The first-order valence-electron chi connectivity index (χ1n) is 9.72. The predicted molar refractivity (Wildman–Crippen MR) is 108 cm³/mol. The molecule has 1 fully saturated rings. The lowest BCUT2D eigenvalue weighted by atomic mass is 9.75. The average molecular weight is 414 g/mol. The fourth-order valence-electron chi connectivity index (χ4n) is 3.41. The van der Waals surface area contributed by atoms with Crippen LogP contribution in [0.15, 0.2) is 60.7 Å². The Morgan fingerprint density at radius 2 is 1.47 bits per heavy atom. The largest absolute Gasteiger partial charge is 0.459 e. The van der Waals surface area contributed by atoms with E-state index in [2.05, 4.69) is 5.32 Å². The summed E-state index contributed by atoms with van der Waals surface area (Å²) in [7, 11) is 0. The third-order valence-corrected chi connectivity index (χ3v) is 5.19. The van der Waals surface area contributed by atoms with Gasteiger partial charge in [0.2, 0.25) is 0 Å². The SMILES string of the molecule is NC1(C(=O)OCc2ccccc2)CC(O)C(O)CC1NC(=O)OCc1ccccc1. The third-order valence-electron chi connectivity index (χ3n) is 5.19. The number of nitrogens with one attached hydrogen (secondary N) is 1. The molecule has 2 aromatic rings. The molecule has 5 N–H and O–H groups in total. The van der Waals surface area contributed by atoms with Crippen LogP contribution in [0, 0.1) is 0 Å². The minimum atomic E-state index is -1.71. The number of nitrogens with two attached hydrogens (primary N) is 1. The summed E-state index contributed by atoms with van der Waals surface area (Å²) >= 11 is 0. The van der Waals surface area contributed by atoms with Crippen molar-refractivity contribution >= 4 is 12.1 Å². The molecule has 3 rings (SSSR count). The van der Waals surface area contributed by atoms with Crippen molar-refractivity contribution < 1.29 is 29.3 Å². The number of ether oxygens (including phenoxy) is 2. The molecule has 30 heavy (non-hydrogen) atoms. The van der Waals surface area contributed by atoms with Crippen molar-refractivity contribution in [3.63, 3.8) is 0 Å². The number of benzene rings is 2. The number of hydrogen-bond donors (Lipinski definition) is 4. The maximum atomic E-state index is 12.8. The van der Waals surface area contributed by atoms with Gasteiger partial charge in [-0.15, -0.1) is 0 Å². The van der Waals surface area contributed by atoms with E-state index in [9.17, 15) is 19.8 Å². The van der Waals surface area contributed by atoms with E-state index in [0.29, 0.717) is 0 Å². The molecule has 0 radical (unpaired) electrons. The van der Waals surface area contributed by atoms with Gasteiger partial charge in [-0.25, -0.2) is 9.59 Å². The van der Waals surface area contributed by atoms with Gasteiger partial charge >= 0.3 is 12.1 Å². The van der Waals surface area contributed by atoms with Gasteiger partial charge in [-0.3, -0.25) is 0 Å². The first kappa shape index (κ1) is 21.8. The van der Waals surface area contributed by atoms with Crippen molar-refractivity contribution in [3.05, 3.63) is 71.8 Å². The normalized spacial score (nSPS) is 25.9. The number of carbonyl (C=O) groups excluding carboxylic acids is 2. The van der Waals surface area contributed by atoms with Crippen molar-refractivity contribution in [2.75, 3.05) is 0 Å². The van der Waals surface area contributed by atoms with E-state index in [1.807, 2.05) is 48.5 Å². The quantitative estimate of drug-likeness (QED) is 0.523. The van der Waals surface area contributed by atoms with Crippen LogP contribution in [0.4, 0.5) is 4.79 Å². The fourth-order valence-corrected chi connectivity index (χ4v) is 3.41. The Morgan fingerprint density at radius 1 is 0.933 bits per heavy atom. The van der Waals surface area contributed by atoms with Crippen LogP contribution < -0.4 is 11.1 Å². The van der Waals surface area contributed by atoms with E-state index < -0.39 is 35.9 Å². The van der Waals surface area contributed by atoms with Crippen LogP contribution in [0.25, 0.3) is 0 Å². The first-order valence-corrected chi connectivity index (χ1v) is 9.72. The van der Waals surface area contributed by atoms with Gasteiger partial charge in [0.1, 0.15) is 18.8 Å². The van der Waals surface area contributed by atoms with Crippen LogP contribution in [-0.4, -0.2) is 46.1 Å². The summed E-state index contributed by atoms with van der Waals surface area (Å²) in [6.07, 6.45) is -3.50. The van der Waals surface area contributed by atoms with E-state index >= 15 is 0 Å². The molecule has 0 spiro atoms. The predicted octanol–water partition coefficient (Wildman–Crippen LogP) is 1.24. The summed E-state index contributed by atoms with van der Waals surface area (Å²) in [6, 6.07) is 17.2. The molecule has 0 heterocycles. The number of amides is 1. The maximum absolute atomic E-state index is 12.8. The highest BCUT2D eigenvalue weighted by molar-refractivity contribution is 5.83. The van der Waals surface area contributed by atoms with Crippen molar-refractivity contribution in [1.29, 1.82) is 0 Å². The Morgan fingerprint density at radius 3 is 2.03 bits per heavy atom. The zero-order valence-electron chi connectivity index (χ0n) is 16.4. The second-order valence-electron chi connectivity index (χ2n) is 7.44. The third kappa shape index (κ3) is 5.35. The number of carbonyl (C=O) groups is 2. The second-order valence-corrected chi connectivity index (χ2v) is 7.44. The highest BCUT2D eigenvalue weighted by Crippen LogP contribution is 2.29. The lowest BCUT2D eigenvalue weighted by Gasteiger charge is -2.42. The number of rotatable bonds is 6. The van der Waals surface area contributed by atoms with Gasteiger partial charge < -0.3 is 30.7 Å². The van der Waals surface area contributed by atoms with Crippen molar-refractivity contribution in [2.24, 2.45) is 5.73 Å². The Kier molecular flexibility index (Phi) is 7.04. The summed E-state index contributed by atoms with van der Waals surface area (Å²) in [5.74, 6) is -0.773. The molecule has 8 nitrogen and oxygen atoms in total. The topological polar surface area (TPSA) is 131 Å². The Balaban J connectivity index is 1.64. The molecule has 4 atom stereocenters. The first-order chi connectivity index (χ1) is 14.4. The molecule has 0 aromatic heterocycles. The molecule has 0 bridgehead atoms. The van der Waals surface area contributed by atoms with Gasteiger partial charge in [-0.1, -0.05) is 60.7 Å². The monoisotopic (exact) mass is 414 g/mol. The zero-order chi connectivity index (χ0) is 21.6. The Labute approximate surface area is 174 Å². The molecular formula is C22H26N2O6. The van der Waals surface area contributed by atoms with Gasteiger partial charge in [0, 0.05) is 6.42 Å². The minimum Gasteiger partial charge on any atom is -0.459 e. The molecular weight excluding hydrogens is 388 g/mol. The van der Waals surface area contributed by atoms with E-state index in [4.69, 9.17) is 15.2 Å². The van der Waals surface area contributed by atoms with E-state index in [1.54, 1.807) is 12.1 Å². The van der Waals surface area contributed by atoms with Crippen LogP contribution in [0.5, 0.6) is 0 Å². The second kappa shape index (κ2) is 9.71. The molecule has 1 saturated carbocycles. The van der Waals surface area contributed by atoms with Crippen LogP contribution in [0.3, 0.4) is 0 Å². The number of hydrogen-bond acceptors (Lipinski definition) is 7.